The van der Waals surface area contributed by atoms with Crippen LogP contribution in [0.5, 0.6) is 23.0 Å². The van der Waals surface area contributed by atoms with Gasteiger partial charge >= 0.3 is 0 Å². The van der Waals surface area contributed by atoms with E-state index < -0.39 is 0 Å². The van der Waals surface area contributed by atoms with Crippen molar-refractivity contribution in [1.29, 1.82) is 0 Å². The third kappa shape index (κ3) is 4.05. The molecule has 2 aromatic rings. The molecule has 7 heteroatoms. The lowest BCUT2D eigenvalue weighted by Crippen LogP contribution is -2.27. The summed E-state index contributed by atoms with van der Waals surface area (Å²) in [5.41, 5.74) is 2.26. The van der Waals surface area contributed by atoms with Gasteiger partial charge in [-0.1, -0.05) is 12.1 Å². The molecular formula is C23H28O7. The van der Waals surface area contributed by atoms with Crippen molar-refractivity contribution < 1.29 is 33.2 Å². The van der Waals surface area contributed by atoms with Crippen LogP contribution in [-0.2, 0) is 27.1 Å². The molecule has 0 amide bonds. The predicted octanol–water partition coefficient (Wildman–Crippen LogP) is 3.43. The number of benzene rings is 2. The smallest absolute Gasteiger partial charge is 0.231 e. The third-order valence-corrected chi connectivity index (χ3v) is 5.81. The Hall–Kier alpha value is -2.48. The molecule has 0 radical (unpaired) electrons. The summed E-state index contributed by atoms with van der Waals surface area (Å²) in [6, 6.07) is 12.0. The molecule has 2 aromatic carbocycles. The first-order valence-corrected chi connectivity index (χ1v) is 9.97. The van der Waals surface area contributed by atoms with Crippen LogP contribution >= 0.6 is 0 Å². The van der Waals surface area contributed by atoms with Crippen molar-refractivity contribution in [1.82, 2.24) is 0 Å². The van der Waals surface area contributed by atoms with Gasteiger partial charge in [0.1, 0.15) is 0 Å². The molecule has 162 valence electrons. The van der Waals surface area contributed by atoms with Gasteiger partial charge in [0.2, 0.25) is 6.79 Å². The Kier molecular flexibility index (Phi) is 6.32. The molecule has 0 bridgehead atoms. The summed E-state index contributed by atoms with van der Waals surface area (Å²) < 4.78 is 39.2. The van der Waals surface area contributed by atoms with Gasteiger partial charge in [0.05, 0.1) is 14.2 Å². The number of rotatable bonds is 8. The van der Waals surface area contributed by atoms with E-state index in [1.54, 1.807) is 28.4 Å². The van der Waals surface area contributed by atoms with E-state index in [9.17, 15) is 0 Å². The third-order valence-electron chi connectivity index (χ3n) is 5.81. The van der Waals surface area contributed by atoms with Crippen LogP contribution in [0.3, 0.4) is 0 Å². The van der Waals surface area contributed by atoms with Crippen LogP contribution in [0.1, 0.15) is 11.1 Å². The highest BCUT2D eigenvalue weighted by Crippen LogP contribution is 2.41. The summed E-state index contributed by atoms with van der Waals surface area (Å²) in [7, 11) is 6.61. The zero-order valence-corrected chi connectivity index (χ0v) is 17.8. The second kappa shape index (κ2) is 9.12. The molecule has 7 nitrogen and oxygen atoms in total. The summed E-state index contributed by atoms with van der Waals surface area (Å²) in [5, 5.41) is 0. The highest BCUT2D eigenvalue weighted by atomic mass is 16.8. The number of ether oxygens (including phenoxy) is 7. The molecular weight excluding hydrogens is 388 g/mol. The maximum atomic E-state index is 6.07. The van der Waals surface area contributed by atoms with Crippen LogP contribution in [0.2, 0.25) is 0 Å². The number of fused-ring (bicyclic) bond motifs is 1. The van der Waals surface area contributed by atoms with Crippen LogP contribution in [0.25, 0.3) is 0 Å². The summed E-state index contributed by atoms with van der Waals surface area (Å²) in [4.78, 5) is 0. The van der Waals surface area contributed by atoms with Gasteiger partial charge < -0.3 is 33.2 Å². The first-order valence-electron chi connectivity index (χ1n) is 9.97. The second-order valence-corrected chi connectivity index (χ2v) is 7.46. The zero-order valence-electron chi connectivity index (χ0n) is 17.8. The largest absolute Gasteiger partial charge is 0.493 e. The van der Waals surface area contributed by atoms with E-state index in [-0.39, 0.29) is 31.2 Å². The monoisotopic (exact) mass is 416 g/mol. The quantitative estimate of drug-likeness (QED) is 0.653. The first kappa shape index (κ1) is 20.8. The minimum absolute atomic E-state index is 0.100. The molecule has 30 heavy (non-hydrogen) atoms. The molecule has 1 fully saturated rings. The summed E-state index contributed by atoms with van der Waals surface area (Å²) in [6.45, 7) is 0.264. The lowest BCUT2D eigenvalue weighted by molar-refractivity contribution is -0.197. The van der Waals surface area contributed by atoms with Gasteiger partial charge in [0.15, 0.2) is 35.6 Å². The average molecular weight is 416 g/mol. The van der Waals surface area contributed by atoms with Crippen molar-refractivity contribution in [2.45, 2.75) is 25.4 Å². The van der Waals surface area contributed by atoms with Crippen LogP contribution < -0.4 is 18.9 Å². The normalized spacial score (nSPS) is 24.8. The van der Waals surface area contributed by atoms with E-state index >= 15 is 0 Å². The van der Waals surface area contributed by atoms with E-state index in [4.69, 9.17) is 33.2 Å². The van der Waals surface area contributed by atoms with Crippen molar-refractivity contribution >= 4 is 0 Å². The lowest BCUT2D eigenvalue weighted by atomic mass is 9.83. The first-order chi connectivity index (χ1) is 14.7. The Morgan fingerprint density at radius 2 is 1.33 bits per heavy atom. The molecule has 0 spiro atoms. The van der Waals surface area contributed by atoms with Crippen molar-refractivity contribution in [3.8, 4) is 23.0 Å². The van der Waals surface area contributed by atoms with Gasteiger partial charge in [0.25, 0.3) is 0 Å². The lowest BCUT2D eigenvalue weighted by Gasteiger charge is -2.23. The number of hydrogen-bond acceptors (Lipinski definition) is 7. The molecule has 2 heterocycles. The van der Waals surface area contributed by atoms with E-state index in [1.807, 2.05) is 30.3 Å². The number of methoxy groups -OCH3 is 4. The van der Waals surface area contributed by atoms with Gasteiger partial charge in [-0.3, -0.25) is 0 Å². The fourth-order valence-corrected chi connectivity index (χ4v) is 4.31. The molecule has 1 saturated heterocycles. The van der Waals surface area contributed by atoms with Gasteiger partial charge in [-0.2, -0.15) is 0 Å². The predicted molar refractivity (Wildman–Crippen MR) is 109 cm³/mol. The van der Waals surface area contributed by atoms with E-state index in [0.29, 0.717) is 11.5 Å². The maximum Gasteiger partial charge on any atom is 0.231 e. The fourth-order valence-electron chi connectivity index (χ4n) is 4.31. The van der Waals surface area contributed by atoms with E-state index in [1.165, 1.54) is 0 Å². The Morgan fingerprint density at radius 1 is 0.733 bits per heavy atom. The van der Waals surface area contributed by atoms with E-state index in [2.05, 4.69) is 6.07 Å². The Bertz CT molecular complexity index is 869. The summed E-state index contributed by atoms with van der Waals surface area (Å²) >= 11 is 0. The molecule has 2 aliphatic heterocycles. The van der Waals surface area contributed by atoms with Crippen LogP contribution in [0.15, 0.2) is 36.4 Å². The van der Waals surface area contributed by atoms with Gasteiger partial charge in [0, 0.05) is 26.1 Å². The summed E-state index contributed by atoms with van der Waals surface area (Å²) in [6.07, 6.45) is 0.813. The average Bonchev–Trinajstić information content (AvgIpc) is 3.37. The van der Waals surface area contributed by atoms with Gasteiger partial charge in [-0.25, -0.2) is 0 Å². The van der Waals surface area contributed by atoms with Crippen molar-refractivity contribution in [2.24, 2.45) is 11.8 Å². The Balaban J connectivity index is 1.58. The SMILES string of the molecule is COc1ccc(C[C@H]2C(OC)OC(OC)[C@@H]2Cc2ccc3c(c2)OCO3)cc1OC. The summed E-state index contributed by atoms with van der Waals surface area (Å²) in [5.74, 6) is 3.18. The highest BCUT2D eigenvalue weighted by molar-refractivity contribution is 5.45. The van der Waals surface area contributed by atoms with Crippen molar-refractivity contribution in [2.75, 3.05) is 35.2 Å². The zero-order chi connectivity index (χ0) is 21.1. The molecule has 0 N–H and O–H groups in total. The van der Waals surface area contributed by atoms with Gasteiger partial charge in [-0.15, -0.1) is 0 Å². The van der Waals surface area contributed by atoms with E-state index in [0.717, 1.165) is 35.5 Å². The maximum absolute atomic E-state index is 6.07. The van der Waals surface area contributed by atoms with Crippen LogP contribution in [0, 0.1) is 11.8 Å². The molecule has 4 atom stereocenters. The minimum Gasteiger partial charge on any atom is -0.493 e. The fraction of sp³-hybridized carbons (Fsp3) is 0.478. The molecule has 2 unspecified atom stereocenters. The highest BCUT2D eigenvalue weighted by Gasteiger charge is 2.45. The molecule has 0 aliphatic carbocycles. The second-order valence-electron chi connectivity index (χ2n) is 7.46. The number of hydrogen-bond donors (Lipinski definition) is 0. The molecule has 0 saturated carbocycles. The Labute approximate surface area is 176 Å². The Morgan fingerprint density at radius 3 is 1.97 bits per heavy atom. The van der Waals surface area contributed by atoms with Crippen molar-refractivity contribution in [3.63, 3.8) is 0 Å². The van der Waals surface area contributed by atoms with Crippen LogP contribution in [0.4, 0.5) is 0 Å². The standard InChI is InChI=1S/C23H28O7/c1-24-18-7-5-14(11-20(18)25-2)9-16-17(23(27-4)30-22(16)26-3)10-15-6-8-19-21(12-15)29-13-28-19/h5-8,11-12,16-17,22-23H,9-10,13H2,1-4H3/t16-,17-,22?,23?/m1/s1. The topological polar surface area (TPSA) is 64.6 Å². The molecule has 2 aliphatic rings. The van der Waals surface area contributed by atoms with Crippen LogP contribution in [-0.4, -0.2) is 47.8 Å². The van der Waals surface area contributed by atoms with Gasteiger partial charge in [-0.05, 0) is 48.2 Å². The van der Waals surface area contributed by atoms with Crippen molar-refractivity contribution in [3.05, 3.63) is 47.5 Å². The minimum atomic E-state index is -0.359. The molecule has 0 aromatic heterocycles. The molecule has 4 rings (SSSR count).